The molecule has 8 heteroatoms. The molecule has 3 amide bonds. The van der Waals surface area contributed by atoms with Crippen LogP contribution in [0.2, 0.25) is 0 Å². The van der Waals surface area contributed by atoms with Gasteiger partial charge in [-0.3, -0.25) is 14.4 Å². The quantitative estimate of drug-likeness (QED) is 0.622. The third kappa shape index (κ3) is 6.50. The van der Waals surface area contributed by atoms with Crippen LogP contribution in [0.15, 0.2) is 42.5 Å². The number of piperidine rings is 1. The van der Waals surface area contributed by atoms with E-state index in [-0.39, 0.29) is 23.8 Å². The molecule has 0 radical (unpaired) electrons. The van der Waals surface area contributed by atoms with Crippen molar-refractivity contribution in [2.24, 2.45) is 0 Å². The molecule has 2 aromatic rings. The number of hydrogen-bond acceptors (Lipinski definition) is 5. The summed E-state index contributed by atoms with van der Waals surface area (Å²) in [4.78, 5) is 39.4. The van der Waals surface area contributed by atoms with E-state index in [0.29, 0.717) is 49.4 Å². The van der Waals surface area contributed by atoms with Crippen LogP contribution in [0, 0.1) is 6.92 Å². The number of nitrogens with zero attached hydrogens (tertiary/aromatic N) is 1. The molecule has 1 atom stereocenters. The van der Waals surface area contributed by atoms with Crippen LogP contribution in [-0.2, 0) is 16.0 Å². The number of aryl methyl sites for hydroxylation is 1. The van der Waals surface area contributed by atoms with Gasteiger partial charge in [-0.2, -0.15) is 0 Å². The van der Waals surface area contributed by atoms with Gasteiger partial charge in [0, 0.05) is 38.0 Å². The smallest absolute Gasteiger partial charge is 0.253 e. The summed E-state index contributed by atoms with van der Waals surface area (Å²) in [5, 5.41) is 5.80. The molecule has 34 heavy (non-hydrogen) atoms. The lowest BCUT2D eigenvalue weighted by Gasteiger charge is -2.33. The van der Waals surface area contributed by atoms with Crippen molar-refractivity contribution in [3.8, 4) is 11.5 Å². The highest BCUT2D eigenvalue weighted by Gasteiger charge is 2.27. The summed E-state index contributed by atoms with van der Waals surface area (Å²) >= 11 is 0. The van der Waals surface area contributed by atoms with Gasteiger partial charge in [0.25, 0.3) is 5.91 Å². The summed E-state index contributed by atoms with van der Waals surface area (Å²) in [6.45, 7) is 4.52. The Hall–Kier alpha value is -3.55. The van der Waals surface area contributed by atoms with Gasteiger partial charge in [-0.1, -0.05) is 23.8 Å². The molecule has 0 saturated carbocycles. The lowest BCUT2D eigenvalue weighted by atomic mass is 10.0. The van der Waals surface area contributed by atoms with Gasteiger partial charge in [0.05, 0.1) is 14.2 Å². The second-order valence-electron chi connectivity index (χ2n) is 8.59. The average molecular weight is 468 g/mol. The Balaban J connectivity index is 1.59. The van der Waals surface area contributed by atoms with Crippen molar-refractivity contribution in [3.63, 3.8) is 0 Å². The molecule has 0 unspecified atom stereocenters. The first-order valence-corrected chi connectivity index (χ1v) is 11.4. The molecular weight excluding hydrogens is 434 g/mol. The van der Waals surface area contributed by atoms with Gasteiger partial charge in [0.1, 0.15) is 6.04 Å². The number of methoxy groups -OCH3 is 2. The molecule has 182 valence electrons. The Morgan fingerprint density at radius 1 is 1.00 bits per heavy atom. The number of likely N-dealkylation sites (tertiary alicyclic amines) is 1. The molecule has 1 saturated heterocycles. The van der Waals surface area contributed by atoms with E-state index >= 15 is 0 Å². The van der Waals surface area contributed by atoms with Crippen LogP contribution < -0.4 is 20.1 Å². The van der Waals surface area contributed by atoms with E-state index in [0.717, 1.165) is 11.1 Å². The first-order chi connectivity index (χ1) is 16.3. The highest BCUT2D eigenvalue weighted by atomic mass is 16.5. The lowest BCUT2D eigenvalue weighted by molar-refractivity contribution is -0.128. The van der Waals surface area contributed by atoms with E-state index in [1.54, 1.807) is 26.4 Å². The highest BCUT2D eigenvalue weighted by Crippen LogP contribution is 2.28. The summed E-state index contributed by atoms with van der Waals surface area (Å²) in [6, 6.07) is 12.2. The normalized spacial score (nSPS) is 14.8. The molecule has 2 aromatic carbocycles. The molecule has 2 N–H and O–H groups in total. The summed E-state index contributed by atoms with van der Waals surface area (Å²) in [5.41, 5.74) is 2.62. The molecule has 0 bridgehead atoms. The molecule has 1 heterocycles. The monoisotopic (exact) mass is 467 g/mol. The van der Waals surface area contributed by atoms with Gasteiger partial charge in [-0.25, -0.2) is 0 Å². The maximum atomic E-state index is 13.0. The van der Waals surface area contributed by atoms with Gasteiger partial charge in [0.2, 0.25) is 11.8 Å². The van der Waals surface area contributed by atoms with Crippen molar-refractivity contribution in [1.82, 2.24) is 15.5 Å². The maximum Gasteiger partial charge on any atom is 0.253 e. The molecule has 1 aliphatic heterocycles. The van der Waals surface area contributed by atoms with Crippen molar-refractivity contribution < 1.29 is 23.9 Å². The molecular formula is C26H33N3O5. The first kappa shape index (κ1) is 25.1. The van der Waals surface area contributed by atoms with Crippen LogP contribution >= 0.6 is 0 Å². The van der Waals surface area contributed by atoms with Gasteiger partial charge >= 0.3 is 0 Å². The van der Waals surface area contributed by atoms with Crippen LogP contribution in [0.5, 0.6) is 11.5 Å². The van der Waals surface area contributed by atoms with Gasteiger partial charge < -0.3 is 25.0 Å². The predicted octanol–water partition coefficient (Wildman–Crippen LogP) is 2.48. The standard InChI is InChI=1S/C26H33N3O5/c1-17-5-8-20(9-6-17)26(32)29-13-11-21(12-14-29)28-25(31)22(27-18(2)30)15-19-7-10-23(33-3)24(16-19)34-4/h5-10,16,21-22H,11-15H2,1-4H3,(H,27,30)(H,28,31)/t22-/m1/s1. The van der Waals surface area contributed by atoms with Crippen LogP contribution in [-0.4, -0.2) is 62.0 Å². The summed E-state index contributed by atoms with van der Waals surface area (Å²) in [7, 11) is 3.11. The molecule has 3 rings (SSSR count). The van der Waals surface area contributed by atoms with Crippen LogP contribution in [0.25, 0.3) is 0 Å². The maximum absolute atomic E-state index is 13.0. The Labute approximate surface area is 200 Å². The van der Waals surface area contributed by atoms with Crippen LogP contribution in [0.4, 0.5) is 0 Å². The summed E-state index contributed by atoms with van der Waals surface area (Å²) < 4.78 is 10.6. The lowest BCUT2D eigenvalue weighted by Crippen LogP contribution is -2.53. The second-order valence-corrected chi connectivity index (χ2v) is 8.59. The Morgan fingerprint density at radius 3 is 2.24 bits per heavy atom. The third-order valence-corrected chi connectivity index (χ3v) is 6.01. The zero-order valence-corrected chi connectivity index (χ0v) is 20.2. The minimum Gasteiger partial charge on any atom is -0.493 e. The molecule has 0 aliphatic carbocycles. The van der Waals surface area contributed by atoms with Gasteiger partial charge in [0.15, 0.2) is 11.5 Å². The van der Waals surface area contributed by atoms with Gasteiger partial charge in [-0.15, -0.1) is 0 Å². The predicted molar refractivity (Wildman–Crippen MR) is 129 cm³/mol. The van der Waals surface area contributed by atoms with Crippen molar-refractivity contribution in [3.05, 3.63) is 59.2 Å². The van der Waals surface area contributed by atoms with E-state index in [1.807, 2.05) is 42.2 Å². The summed E-state index contributed by atoms with van der Waals surface area (Å²) in [5.74, 6) is 0.646. The van der Waals surface area contributed by atoms with Crippen molar-refractivity contribution in [1.29, 1.82) is 0 Å². The van der Waals surface area contributed by atoms with Crippen LogP contribution in [0.3, 0.4) is 0 Å². The largest absolute Gasteiger partial charge is 0.493 e. The van der Waals surface area contributed by atoms with E-state index in [4.69, 9.17) is 9.47 Å². The fourth-order valence-corrected chi connectivity index (χ4v) is 4.11. The minimum atomic E-state index is -0.720. The zero-order chi connectivity index (χ0) is 24.7. The number of rotatable bonds is 8. The number of ether oxygens (including phenoxy) is 2. The second kappa shape index (κ2) is 11.5. The summed E-state index contributed by atoms with van der Waals surface area (Å²) in [6.07, 6.45) is 1.63. The number of benzene rings is 2. The van der Waals surface area contributed by atoms with Crippen molar-refractivity contribution >= 4 is 17.7 Å². The first-order valence-electron chi connectivity index (χ1n) is 11.4. The highest BCUT2D eigenvalue weighted by molar-refractivity contribution is 5.94. The third-order valence-electron chi connectivity index (χ3n) is 6.01. The Kier molecular flexibility index (Phi) is 8.51. The average Bonchev–Trinajstić information content (AvgIpc) is 2.83. The number of carbonyl (C=O) groups is 3. The number of amides is 3. The SMILES string of the molecule is COc1ccc(C[C@@H](NC(C)=O)C(=O)NC2CCN(C(=O)c3ccc(C)cc3)CC2)cc1OC. The van der Waals surface area contributed by atoms with Crippen LogP contribution in [0.1, 0.15) is 41.3 Å². The zero-order valence-electron chi connectivity index (χ0n) is 20.2. The van der Waals surface area contributed by atoms with E-state index in [2.05, 4.69) is 10.6 Å². The van der Waals surface area contributed by atoms with E-state index < -0.39 is 6.04 Å². The van der Waals surface area contributed by atoms with Gasteiger partial charge in [-0.05, 0) is 49.6 Å². The van der Waals surface area contributed by atoms with E-state index in [9.17, 15) is 14.4 Å². The number of hydrogen-bond donors (Lipinski definition) is 2. The fourth-order valence-electron chi connectivity index (χ4n) is 4.11. The number of nitrogens with one attached hydrogen (secondary N) is 2. The Morgan fingerprint density at radius 2 is 1.65 bits per heavy atom. The molecule has 0 spiro atoms. The van der Waals surface area contributed by atoms with E-state index in [1.165, 1.54) is 6.92 Å². The van der Waals surface area contributed by atoms with Crippen molar-refractivity contribution in [2.75, 3.05) is 27.3 Å². The molecule has 0 aromatic heterocycles. The molecule has 1 aliphatic rings. The minimum absolute atomic E-state index is 0.00866. The Bertz CT molecular complexity index is 1010. The molecule has 1 fully saturated rings. The fraction of sp³-hybridized carbons (Fsp3) is 0.423. The van der Waals surface area contributed by atoms with Crippen molar-refractivity contribution in [2.45, 2.75) is 45.2 Å². The number of carbonyl (C=O) groups excluding carboxylic acids is 3. The topological polar surface area (TPSA) is 97.0 Å². The molecule has 8 nitrogen and oxygen atoms in total.